The van der Waals surface area contributed by atoms with Crippen molar-refractivity contribution < 1.29 is 23.7 Å². The molecule has 0 radical (unpaired) electrons. The van der Waals surface area contributed by atoms with Crippen molar-refractivity contribution in [2.75, 3.05) is 13.2 Å². The minimum Gasteiger partial charge on any atom is -0.444 e. The molecule has 0 aliphatic carbocycles. The maximum Gasteiger partial charge on any atom is 0.412 e. The van der Waals surface area contributed by atoms with Crippen LogP contribution in [0.3, 0.4) is 0 Å². The molecule has 4 rings (SSSR count). The number of rotatable bonds is 10. The van der Waals surface area contributed by atoms with Gasteiger partial charge in [0.25, 0.3) is 0 Å². The van der Waals surface area contributed by atoms with E-state index in [1.165, 1.54) is 0 Å². The van der Waals surface area contributed by atoms with Gasteiger partial charge in [0, 0.05) is 0 Å². The highest BCUT2D eigenvalue weighted by Crippen LogP contribution is 2.34. The molecule has 0 spiro atoms. The van der Waals surface area contributed by atoms with Gasteiger partial charge in [-0.2, -0.15) is 0 Å². The molecule has 1 aliphatic heterocycles. The van der Waals surface area contributed by atoms with Crippen molar-refractivity contribution >= 4 is 6.09 Å². The van der Waals surface area contributed by atoms with Crippen molar-refractivity contribution in [3.8, 4) is 0 Å². The smallest absolute Gasteiger partial charge is 0.412 e. The Labute approximate surface area is 207 Å². The minimum absolute atomic E-state index is 0.193. The highest BCUT2D eigenvalue weighted by Gasteiger charge is 2.50. The molecule has 1 fully saturated rings. The zero-order valence-electron chi connectivity index (χ0n) is 20.3. The minimum atomic E-state index is -0.866. The second-order valence-electron chi connectivity index (χ2n) is 9.08. The first-order valence-electron chi connectivity index (χ1n) is 11.9. The van der Waals surface area contributed by atoms with Gasteiger partial charge in [0.1, 0.15) is 18.4 Å². The first-order valence-corrected chi connectivity index (χ1v) is 11.9. The number of benzene rings is 3. The molecule has 0 aromatic heterocycles. The Bertz CT molecular complexity index is 1040. The highest BCUT2D eigenvalue weighted by molar-refractivity contribution is 5.69. The summed E-state index contributed by atoms with van der Waals surface area (Å²) in [6, 6.07) is 29.2. The van der Waals surface area contributed by atoms with E-state index in [1.807, 2.05) is 105 Å². The van der Waals surface area contributed by atoms with Crippen LogP contribution >= 0.6 is 0 Å². The van der Waals surface area contributed by atoms with Crippen LogP contribution in [0.1, 0.15) is 30.5 Å². The van der Waals surface area contributed by atoms with E-state index in [0.717, 1.165) is 16.7 Å². The van der Waals surface area contributed by atoms with Gasteiger partial charge < -0.3 is 18.9 Å². The maximum atomic E-state index is 13.2. The Balaban J connectivity index is 1.43. The van der Waals surface area contributed by atoms with Gasteiger partial charge >= 0.3 is 6.09 Å². The van der Waals surface area contributed by atoms with Gasteiger partial charge in [-0.25, -0.2) is 4.79 Å². The Morgan fingerprint density at radius 1 is 0.743 bits per heavy atom. The fourth-order valence-electron chi connectivity index (χ4n) is 4.28. The van der Waals surface area contributed by atoms with Crippen molar-refractivity contribution in [1.29, 1.82) is 0 Å². The van der Waals surface area contributed by atoms with E-state index in [2.05, 4.69) is 0 Å². The number of hydrogen-bond donors (Lipinski definition) is 0. The molecule has 3 aromatic rings. The summed E-state index contributed by atoms with van der Waals surface area (Å²) in [4.78, 5) is 14.9. The third-order valence-electron chi connectivity index (χ3n) is 5.98. The summed E-state index contributed by atoms with van der Waals surface area (Å²) in [5, 5.41) is 0. The van der Waals surface area contributed by atoms with E-state index in [1.54, 1.807) is 4.90 Å². The molecule has 35 heavy (non-hydrogen) atoms. The monoisotopic (exact) mass is 475 g/mol. The first-order chi connectivity index (χ1) is 17.0. The van der Waals surface area contributed by atoms with Crippen molar-refractivity contribution in [3.63, 3.8) is 0 Å². The Morgan fingerprint density at radius 3 is 1.71 bits per heavy atom. The average Bonchev–Trinajstić information content (AvgIpc) is 3.13. The zero-order valence-corrected chi connectivity index (χ0v) is 20.3. The molecular formula is C29H33NO5. The molecule has 2 unspecified atom stereocenters. The Morgan fingerprint density at radius 2 is 1.20 bits per heavy atom. The number of nitrogens with zero attached hydrogens (tertiary/aromatic N) is 1. The van der Waals surface area contributed by atoms with Gasteiger partial charge in [0.15, 0.2) is 0 Å². The topological polar surface area (TPSA) is 57.2 Å². The predicted molar refractivity (Wildman–Crippen MR) is 133 cm³/mol. The van der Waals surface area contributed by atoms with Gasteiger partial charge in [0.05, 0.1) is 32.5 Å². The Hall–Kier alpha value is -3.19. The zero-order chi connectivity index (χ0) is 24.5. The lowest BCUT2D eigenvalue weighted by molar-refractivity contribution is -0.0893. The molecule has 184 valence electrons. The summed E-state index contributed by atoms with van der Waals surface area (Å²) in [5.74, 6) is 0. The van der Waals surface area contributed by atoms with Gasteiger partial charge in [-0.15, -0.1) is 0 Å². The van der Waals surface area contributed by atoms with E-state index in [-0.39, 0.29) is 18.8 Å². The van der Waals surface area contributed by atoms with Crippen LogP contribution in [0.2, 0.25) is 0 Å². The second kappa shape index (κ2) is 12.0. The summed E-state index contributed by atoms with van der Waals surface area (Å²) >= 11 is 0. The van der Waals surface area contributed by atoms with Crippen LogP contribution in [-0.4, -0.2) is 42.1 Å². The molecule has 3 aromatic carbocycles. The van der Waals surface area contributed by atoms with Crippen molar-refractivity contribution in [3.05, 3.63) is 108 Å². The molecule has 6 nitrogen and oxygen atoms in total. The molecule has 2 atom stereocenters. The summed E-state index contributed by atoms with van der Waals surface area (Å²) < 4.78 is 24.0. The van der Waals surface area contributed by atoms with E-state index >= 15 is 0 Å². The van der Waals surface area contributed by atoms with Crippen molar-refractivity contribution in [1.82, 2.24) is 4.90 Å². The van der Waals surface area contributed by atoms with E-state index in [0.29, 0.717) is 26.4 Å². The van der Waals surface area contributed by atoms with Crippen molar-refractivity contribution in [2.45, 2.75) is 51.5 Å². The number of hydrogen-bond acceptors (Lipinski definition) is 5. The predicted octanol–water partition coefficient (Wildman–Crippen LogP) is 5.56. The molecule has 0 saturated carbocycles. The lowest BCUT2D eigenvalue weighted by Crippen LogP contribution is -2.50. The number of amides is 1. The third kappa shape index (κ3) is 6.92. The largest absolute Gasteiger partial charge is 0.444 e. The maximum absolute atomic E-state index is 13.2. The van der Waals surface area contributed by atoms with Crippen LogP contribution in [0.4, 0.5) is 4.79 Å². The second-order valence-corrected chi connectivity index (χ2v) is 9.08. The van der Waals surface area contributed by atoms with Crippen LogP contribution in [-0.2, 0) is 38.8 Å². The van der Waals surface area contributed by atoms with Gasteiger partial charge in [-0.05, 0) is 30.5 Å². The molecular weight excluding hydrogens is 442 g/mol. The SMILES string of the molecule is CC1(C)OC(COCc2ccccc2)C(COCc2ccccc2)N1C(=O)OCc1ccccc1. The fraction of sp³-hybridized carbons (Fsp3) is 0.345. The fourth-order valence-corrected chi connectivity index (χ4v) is 4.28. The summed E-state index contributed by atoms with van der Waals surface area (Å²) in [6.45, 7) is 5.49. The molecule has 0 N–H and O–H groups in total. The van der Waals surface area contributed by atoms with E-state index in [4.69, 9.17) is 18.9 Å². The quantitative estimate of drug-likeness (QED) is 0.384. The number of ether oxygens (including phenoxy) is 4. The first kappa shape index (κ1) is 24.9. The highest BCUT2D eigenvalue weighted by atomic mass is 16.6. The van der Waals surface area contributed by atoms with Crippen LogP contribution in [0, 0.1) is 0 Å². The average molecular weight is 476 g/mol. The lowest BCUT2D eigenvalue weighted by Gasteiger charge is -2.32. The molecule has 0 bridgehead atoms. The molecule has 1 heterocycles. The van der Waals surface area contributed by atoms with Gasteiger partial charge in [0.2, 0.25) is 0 Å². The third-order valence-corrected chi connectivity index (χ3v) is 5.98. The number of carbonyl (C=O) groups is 1. The molecule has 6 heteroatoms. The summed E-state index contributed by atoms with van der Waals surface area (Å²) in [5.41, 5.74) is 2.22. The van der Waals surface area contributed by atoms with E-state index < -0.39 is 11.8 Å². The lowest BCUT2D eigenvalue weighted by atomic mass is 10.1. The van der Waals surface area contributed by atoms with E-state index in [9.17, 15) is 4.79 Å². The van der Waals surface area contributed by atoms with Gasteiger partial charge in [-0.3, -0.25) is 4.90 Å². The molecule has 1 aliphatic rings. The van der Waals surface area contributed by atoms with Crippen LogP contribution in [0.15, 0.2) is 91.0 Å². The molecule has 1 amide bonds. The Kier molecular flexibility index (Phi) is 8.53. The van der Waals surface area contributed by atoms with Crippen LogP contribution in [0.25, 0.3) is 0 Å². The van der Waals surface area contributed by atoms with Crippen molar-refractivity contribution in [2.24, 2.45) is 0 Å². The summed E-state index contributed by atoms with van der Waals surface area (Å²) in [7, 11) is 0. The molecule has 1 saturated heterocycles. The summed E-state index contributed by atoms with van der Waals surface area (Å²) in [6.07, 6.45) is -0.786. The standard InChI is InChI=1S/C29H33NO5/c1-29(2)30(28(31)34-20-25-16-10-5-11-17-25)26(21-32-18-23-12-6-3-7-13-23)27(35-29)22-33-19-24-14-8-4-9-15-24/h3-17,26-27H,18-22H2,1-2H3. The van der Waals surface area contributed by atoms with Crippen LogP contribution in [0.5, 0.6) is 0 Å². The van der Waals surface area contributed by atoms with Crippen LogP contribution < -0.4 is 0 Å². The number of carbonyl (C=O) groups excluding carboxylic acids is 1. The van der Waals surface area contributed by atoms with Gasteiger partial charge in [-0.1, -0.05) is 91.0 Å². The normalized spacial score (nSPS) is 19.0.